The maximum absolute atomic E-state index is 5.46. The Labute approximate surface area is 105 Å². The molecule has 0 spiro atoms. The third-order valence-electron chi connectivity index (χ3n) is 2.72. The maximum atomic E-state index is 5.46. The lowest BCUT2D eigenvalue weighted by Gasteiger charge is -2.18. The van der Waals surface area contributed by atoms with Crippen LogP contribution >= 0.6 is 11.3 Å². The van der Waals surface area contributed by atoms with E-state index in [9.17, 15) is 0 Å². The molecule has 0 amide bonds. The van der Waals surface area contributed by atoms with Gasteiger partial charge in [0.1, 0.15) is 0 Å². The SMILES string of the molecule is CN.c1cc2c(c(-c3cncs3)c1)CCOC2. The second kappa shape index (κ2) is 5.91. The number of thiazole rings is 1. The van der Waals surface area contributed by atoms with E-state index in [1.807, 2.05) is 11.7 Å². The molecule has 0 fully saturated rings. The van der Waals surface area contributed by atoms with Crippen molar-refractivity contribution < 1.29 is 4.74 Å². The van der Waals surface area contributed by atoms with Crippen LogP contribution in [0.15, 0.2) is 29.9 Å². The molecule has 3 nitrogen and oxygen atoms in total. The van der Waals surface area contributed by atoms with Gasteiger partial charge in [-0.1, -0.05) is 18.2 Å². The zero-order valence-corrected chi connectivity index (χ0v) is 10.7. The Balaban J connectivity index is 0.000000514. The molecule has 90 valence electrons. The van der Waals surface area contributed by atoms with Crippen molar-refractivity contribution in [2.45, 2.75) is 13.0 Å². The number of rotatable bonds is 1. The fraction of sp³-hybridized carbons (Fsp3) is 0.308. The average Bonchev–Trinajstić information content (AvgIpc) is 2.94. The first-order valence-corrected chi connectivity index (χ1v) is 6.48. The standard InChI is InChI=1S/C12H11NOS.CH5N/c1-2-9-7-14-5-4-10(9)11(3-1)12-6-13-8-15-12;1-2/h1-3,6,8H,4-5,7H2;2H2,1H3. The van der Waals surface area contributed by atoms with Gasteiger partial charge >= 0.3 is 0 Å². The summed E-state index contributed by atoms with van der Waals surface area (Å²) in [5.41, 5.74) is 10.5. The number of ether oxygens (including phenoxy) is 1. The lowest BCUT2D eigenvalue weighted by atomic mass is 9.97. The molecule has 1 aliphatic heterocycles. The van der Waals surface area contributed by atoms with Crippen molar-refractivity contribution in [1.82, 2.24) is 4.98 Å². The summed E-state index contributed by atoms with van der Waals surface area (Å²) >= 11 is 1.70. The number of nitrogens with zero attached hydrogens (tertiary/aromatic N) is 1. The van der Waals surface area contributed by atoms with Crippen LogP contribution in [-0.4, -0.2) is 18.6 Å². The zero-order chi connectivity index (χ0) is 12.1. The van der Waals surface area contributed by atoms with Gasteiger partial charge in [0.05, 0.1) is 23.6 Å². The van der Waals surface area contributed by atoms with E-state index in [0.717, 1.165) is 19.6 Å². The van der Waals surface area contributed by atoms with E-state index in [-0.39, 0.29) is 0 Å². The van der Waals surface area contributed by atoms with Gasteiger partial charge in [0, 0.05) is 6.20 Å². The monoisotopic (exact) mass is 248 g/mol. The molecule has 0 aliphatic carbocycles. The Morgan fingerprint density at radius 1 is 1.35 bits per heavy atom. The van der Waals surface area contributed by atoms with E-state index in [4.69, 9.17) is 4.74 Å². The van der Waals surface area contributed by atoms with Crippen LogP contribution in [-0.2, 0) is 17.8 Å². The normalized spacial score (nSPS) is 13.5. The summed E-state index contributed by atoms with van der Waals surface area (Å²) in [5.74, 6) is 0. The minimum Gasteiger partial charge on any atom is -0.376 e. The minimum atomic E-state index is 0.752. The van der Waals surface area contributed by atoms with Crippen LogP contribution in [0.3, 0.4) is 0 Å². The number of benzene rings is 1. The Morgan fingerprint density at radius 2 is 2.24 bits per heavy atom. The molecule has 1 aliphatic rings. The Morgan fingerprint density at radius 3 is 3.00 bits per heavy atom. The summed E-state index contributed by atoms with van der Waals surface area (Å²) < 4.78 is 5.46. The van der Waals surface area contributed by atoms with Crippen LogP contribution in [0.5, 0.6) is 0 Å². The van der Waals surface area contributed by atoms with Crippen molar-refractivity contribution in [2.75, 3.05) is 13.7 Å². The summed E-state index contributed by atoms with van der Waals surface area (Å²) in [6.07, 6.45) is 2.96. The molecule has 0 atom stereocenters. The van der Waals surface area contributed by atoms with Gasteiger partial charge in [0.2, 0.25) is 0 Å². The lowest BCUT2D eigenvalue weighted by molar-refractivity contribution is 0.111. The van der Waals surface area contributed by atoms with Crippen LogP contribution in [0.25, 0.3) is 10.4 Å². The second-order valence-electron chi connectivity index (χ2n) is 3.61. The molecule has 2 aromatic rings. The van der Waals surface area contributed by atoms with Gasteiger partial charge in [-0.2, -0.15) is 0 Å². The second-order valence-corrected chi connectivity index (χ2v) is 4.50. The van der Waals surface area contributed by atoms with E-state index < -0.39 is 0 Å². The van der Waals surface area contributed by atoms with Gasteiger partial charge in [-0.25, -0.2) is 0 Å². The molecule has 1 aromatic carbocycles. The molecule has 0 unspecified atom stereocenters. The number of nitrogens with two attached hydrogens (primary N) is 1. The van der Waals surface area contributed by atoms with E-state index in [2.05, 4.69) is 28.9 Å². The molecule has 0 radical (unpaired) electrons. The third-order valence-corrected chi connectivity index (χ3v) is 3.53. The van der Waals surface area contributed by atoms with E-state index >= 15 is 0 Å². The highest BCUT2D eigenvalue weighted by molar-refractivity contribution is 7.13. The Bertz CT molecular complexity index is 468. The quantitative estimate of drug-likeness (QED) is 0.843. The fourth-order valence-electron chi connectivity index (χ4n) is 2.00. The summed E-state index contributed by atoms with van der Waals surface area (Å²) in [5, 5.41) is 0. The van der Waals surface area contributed by atoms with Crippen LogP contribution in [0.2, 0.25) is 0 Å². The Hall–Kier alpha value is -1.23. The highest BCUT2D eigenvalue weighted by Crippen LogP contribution is 2.31. The molecule has 0 saturated carbocycles. The summed E-state index contributed by atoms with van der Waals surface area (Å²) in [7, 11) is 1.50. The molecule has 0 saturated heterocycles. The van der Waals surface area contributed by atoms with E-state index in [1.54, 1.807) is 11.3 Å². The van der Waals surface area contributed by atoms with Crippen molar-refractivity contribution in [2.24, 2.45) is 5.73 Å². The Kier molecular flexibility index (Phi) is 4.25. The summed E-state index contributed by atoms with van der Waals surface area (Å²) in [6.45, 7) is 1.59. The first-order chi connectivity index (χ1) is 8.45. The first-order valence-electron chi connectivity index (χ1n) is 5.60. The third kappa shape index (κ3) is 2.54. The number of hydrogen-bond acceptors (Lipinski definition) is 4. The van der Waals surface area contributed by atoms with E-state index in [1.165, 1.54) is 28.6 Å². The topological polar surface area (TPSA) is 48.1 Å². The van der Waals surface area contributed by atoms with Gasteiger partial charge in [0.15, 0.2) is 0 Å². The molecule has 3 rings (SSSR count). The number of fused-ring (bicyclic) bond motifs is 1. The maximum Gasteiger partial charge on any atom is 0.0797 e. The molecule has 0 bridgehead atoms. The van der Waals surface area contributed by atoms with Crippen LogP contribution in [0.4, 0.5) is 0 Å². The lowest BCUT2D eigenvalue weighted by Crippen LogP contribution is -2.10. The summed E-state index contributed by atoms with van der Waals surface area (Å²) in [4.78, 5) is 5.39. The first kappa shape index (κ1) is 12.2. The molecular formula is C13H16N2OS. The van der Waals surface area contributed by atoms with Gasteiger partial charge in [-0.05, 0) is 30.2 Å². The van der Waals surface area contributed by atoms with E-state index in [0.29, 0.717) is 0 Å². The fourth-order valence-corrected chi connectivity index (χ4v) is 2.68. The van der Waals surface area contributed by atoms with Crippen LogP contribution in [0.1, 0.15) is 11.1 Å². The number of aromatic nitrogens is 1. The van der Waals surface area contributed by atoms with Crippen LogP contribution in [0, 0.1) is 0 Å². The molecular weight excluding hydrogens is 232 g/mol. The predicted octanol–water partition coefficient (Wildman–Crippen LogP) is 2.46. The smallest absolute Gasteiger partial charge is 0.0797 e. The van der Waals surface area contributed by atoms with Crippen molar-refractivity contribution >= 4 is 11.3 Å². The summed E-state index contributed by atoms with van der Waals surface area (Å²) in [6, 6.07) is 6.43. The molecule has 2 heterocycles. The van der Waals surface area contributed by atoms with Gasteiger partial charge in [-0.15, -0.1) is 11.3 Å². The largest absolute Gasteiger partial charge is 0.376 e. The van der Waals surface area contributed by atoms with Gasteiger partial charge < -0.3 is 10.5 Å². The van der Waals surface area contributed by atoms with Gasteiger partial charge in [0.25, 0.3) is 0 Å². The van der Waals surface area contributed by atoms with Crippen molar-refractivity contribution in [1.29, 1.82) is 0 Å². The molecule has 4 heteroatoms. The highest BCUT2D eigenvalue weighted by atomic mass is 32.1. The molecule has 1 aromatic heterocycles. The number of hydrogen-bond donors (Lipinski definition) is 1. The molecule has 2 N–H and O–H groups in total. The predicted molar refractivity (Wildman–Crippen MR) is 71.0 cm³/mol. The van der Waals surface area contributed by atoms with Crippen molar-refractivity contribution in [3.63, 3.8) is 0 Å². The van der Waals surface area contributed by atoms with Crippen molar-refractivity contribution in [3.05, 3.63) is 41.0 Å². The highest BCUT2D eigenvalue weighted by Gasteiger charge is 2.14. The zero-order valence-electron chi connectivity index (χ0n) is 9.85. The van der Waals surface area contributed by atoms with Crippen molar-refractivity contribution in [3.8, 4) is 10.4 Å². The minimum absolute atomic E-state index is 0.752. The van der Waals surface area contributed by atoms with Gasteiger partial charge in [-0.3, -0.25) is 4.98 Å². The molecule has 17 heavy (non-hydrogen) atoms. The van der Waals surface area contributed by atoms with Crippen LogP contribution < -0.4 is 5.73 Å². The average molecular weight is 248 g/mol.